The van der Waals surface area contributed by atoms with Crippen LogP contribution in [0, 0.1) is 5.92 Å². The Kier molecular flexibility index (Phi) is 6.95. The van der Waals surface area contributed by atoms with Gasteiger partial charge in [-0.05, 0) is 56.7 Å². The van der Waals surface area contributed by atoms with E-state index in [1.165, 1.54) is 41.9 Å². The number of hydrogen-bond acceptors (Lipinski definition) is 5. The lowest BCUT2D eigenvalue weighted by Crippen LogP contribution is -2.46. The van der Waals surface area contributed by atoms with Gasteiger partial charge in [-0.15, -0.1) is 0 Å². The fourth-order valence-electron chi connectivity index (χ4n) is 3.97. The summed E-state index contributed by atoms with van der Waals surface area (Å²) in [5.74, 6) is -0.621. The summed E-state index contributed by atoms with van der Waals surface area (Å²) in [7, 11) is -3.62. The lowest BCUT2D eigenvalue weighted by Gasteiger charge is -2.30. The van der Waals surface area contributed by atoms with Crippen molar-refractivity contribution in [2.45, 2.75) is 69.4 Å². The summed E-state index contributed by atoms with van der Waals surface area (Å²) in [6, 6.07) is 5.92. The summed E-state index contributed by atoms with van der Waals surface area (Å²) in [5, 5.41) is 2.98. The largest absolute Gasteiger partial charge is 0.449 e. The molecule has 0 radical (unpaired) electrons. The lowest BCUT2D eigenvalue weighted by molar-refractivity contribution is -0.130. The van der Waals surface area contributed by atoms with Gasteiger partial charge in [-0.2, -0.15) is 4.31 Å². The van der Waals surface area contributed by atoms with E-state index in [0.29, 0.717) is 19.0 Å². The Labute approximate surface area is 172 Å². The summed E-state index contributed by atoms with van der Waals surface area (Å²) in [6.07, 6.45) is 5.01. The van der Waals surface area contributed by atoms with Crippen LogP contribution in [-0.4, -0.2) is 49.8 Å². The second kappa shape index (κ2) is 9.26. The van der Waals surface area contributed by atoms with Crippen molar-refractivity contribution in [3.63, 3.8) is 0 Å². The van der Waals surface area contributed by atoms with E-state index in [9.17, 15) is 18.0 Å². The zero-order chi connectivity index (χ0) is 21.0. The molecule has 1 amide bonds. The van der Waals surface area contributed by atoms with Crippen molar-refractivity contribution in [1.29, 1.82) is 0 Å². The molecule has 1 aliphatic heterocycles. The molecular formula is C21H30N2O5S. The van der Waals surface area contributed by atoms with E-state index >= 15 is 0 Å². The van der Waals surface area contributed by atoms with E-state index < -0.39 is 22.1 Å². The molecule has 1 aromatic carbocycles. The van der Waals surface area contributed by atoms with Crippen molar-refractivity contribution >= 4 is 21.9 Å². The molecule has 3 atom stereocenters. The Balaban J connectivity index is 1.63. The van der Waals surface area contributed by atoms with Gasteiger partial charge in [0, 0.05) is 19.1 Å². The van der Waals surface area contributed by atoms with Gasteiger partial charge in [-0.3, -0.25) is 4.79 Å². The van der Waals surface area contributed by atoms with Crippen molar-refractivity contribution in [2.75, 3.05) is 13.1 Å². The number of sulfonamides is 1. The van der Waals surface area contributed by atoms with Crippen LogP contribution in [0.1, 0.15) is 62.7 Å². The highest BCUT2D eigenvalue weighted by atomic mass is 32.2. The molecule has 0 unspecified atom stereocenters. The van der Waals surface area contributed by atoms with Gasteiger partial charge in [-0.25, -0.2) is 13.2 Å². The molecule has 1 saturated carbocycles. The molecule has 29 heavy (non-hydrogen) atoms. The van der Waals surface area contributed by atoms with Crippen LogP contribution in [0.25, 0.3) is 0 Å². The molecule has 0 aromatic heterocycles. The molecule has 3 rings (SSSR count). The van der Waals surface area contributed by atoms with E-state index in [4.69, 9.17) is 4.74 Å². The third kappa shape index (κ3) is 5.17. The molecule has 160 valence electrons. The van der Waals surface area contributed by atoms with Crippen LogP contribution >= 0.6 is 0 Å². The molecule has 7 nitrogen and oxygen atoms in total. The monoisotopic (exact) mass is 422 g/mol. The van der Waals surface area contributed by atoms with E-state index in [1.54, 1.807) is 0 Å². The maximum Gasteiger partial charge on any atom is 0.338 e. The third-order valence-electron chi connectivity index (χ3n) is 5.86. The second-order valence-corrected chi connectivity index (χ2v) is 10.0. The number of amides is 1. The molecule has 0 bridgehead atoms. The van der Waals surface area contributed by atoms with Crippen molar-refractivity contribution in [3.8, 4) is 0 Å². The predicted molar refractivity (Wildman–Crippen MR) is 109 cm³/mol. The minimum Gasteiger partial charge on any atom is -0.449 e. The number of nitrogens with zero attached hydrogens (tertiary/aromatic N) is 1. The average molecular weight is 423 g/mol. The van der Waals surface area contributed by atoms with Gasteiger partial charge in [0.25, 0.3) is 5.91 Å². The van der Waals surface area contributed by atoms with Crippen LogP contribution in [0.3, 0.4) is 0 Å². The number of benzene rings is 1. The first-order chi connectivity index (χ1) is 13.8. The second-order valence-electron chi connectivity index (χ2n) is 8.06. The quantitative estimate of drug-likeness (QED) is 0.712. The summed E-state index contributed by atoms with van der Waals surface area (Å²) in [5.41, 5.74) is 0.121. The van der Waals surface area contributed by atoms with Crippen LogP contribution in [0.15, 0.2) is 29.2 Å². The molecule has 1 saturated heterocycles. The fraction of sp³-hybridized carbons (Fsp3) is 0.619. The Hall–Kier alpha value is -1.93. The van der Waals surface area contributed by atoms with Crippen molar-refractivity contribution in [2.24, 2.45) is 5.92 Å². The minimum atomic E-state index is -3.62. The van der Waals surface area contributed by atoms with Gasteiger partial charge in [0.05, 0.1) is 10.5 Å². The highest BCUT2D eigenvalue weighted by molar-refractivity contribution is 7.89. The molecule has 1 aromatic rings. The van der Waals surface area contributed by atoms with Gasteiger partial charge in [0.15, 0.2) is 6.10 Å². The number of ether oxygens (including phenoxy) is 1. The summed E-state index contributed by atoms with van der Waals surface area (Å²) < 4.78 is 32.1. The summed E-state index contributed by atoms with van der Waals surface area (Å²) in [6.45, 7) is 4.64. The van der Waals surface area contributed by atoms with E-state index in [0.717, 1.165) is 32.1 Å². The fourth-order valence-corrected chi connectivity index (χ4v) is 5.54. The van der Waals surface area contributed by atoms with Gasteiger partial charge in [0.2, 0.25) is 10.0 Å². The lowest BCUT2D eigenvalue weighted by atomic mass is 9.86. The number of carbonyl (C=O) groups excluding carboxylic acids is 2. The Morgan fingerprint density at radius 2 is 1.83 bits per heavy atom. The standard InChI is InChI=1S/C21H30N2O5S/c1-15-8-3-4-11-19(15)22-20(24)16(2)28-21(25)17-9-7-10-18(14-17)29(26,27)23-12-5-6-13-23/h7,9-10,14-16,19H,3-6,8,11-13H2,1-2H3,(H,22,24)/t15-,16-,19-/m1/s1. The summed E-state index contributed by atoms with van der Waals surface area (Å²) >= 11 is 0. The van der Waals surface area contributed by atoms with Gasteiger partial charge >= 0.3 is 5.97 Å². The Morgan fingerprint density at radius 3 is 2.52 bits per heavy atom. The number of nitrogens with one attached hydrogen (secondary N) is 1. The van der Waals surface area contributed by atoms with Crippen LogP contribution in [0.2, 0.25) is 0 Å². The molecule has 1 N–H and O–H groups in total. The minimum absolute atomic E-state index is 0.0713. The molecule has 8 heteroatoms. The number of hydrogen-bond donors (Lipinski definition) is 1. The Bertz CT molecular complexity index is 848. The first-order valence-corrected chi connectivity index (χ1v) is 11.8. The topological polar surface area (TPSA) is 92.8 Å². The van der Waals surface area contributed by atoms with Crippen molar-refractivity contribution in [3.05, 3.63) is 29.8 Å². The first kappa shape index (κ1) is 21.8. The van der Waals surface area contributed by atoms with Crippen LogP contribution < -0.4 is 5.32 Å². The first-order valence-electron chi connectivity index (χ1n) is 10.4. The molecule has 2 fully saturated rings. The molecule has 1 heterocycles. The maximum absolute atomic E-state index is 12.7. The summed E-state index contributed by atoms with van der Waals surface area (Å²) in [4.78, 5) is 25.0. The van der Waals surface area contributed by atoms with Gasteiger partial charge in [0.1, 0.15) is 0 Å². The van der Waals surface area contributed by atoms with Crippen LogP contribution in [0.4, 0.5) is 0 Å². The SMILES string of the molecule is C[C@@H]1CCCC[C@H]1NC(=O)[C@@H](C)OC(=O)c1cccc(S(=O)(=O)N2CCCC2)c1. The highest BCUT2D eigenvalue weighted by Crippen LogP contribution is 2.24. The van der Waals surface area contributed by atoms with Crippen LogP contribution in [0.5, 0.6) is 0 Å². The van der Waals surface area contributed by atoms with Crippen molar-refractivity contribution < 1.29 is 22.7 Å². The maximum atomic E-state index is 12.7. The number of rotatable bonds is 6. The molecular weight excluding hydrogens is 392 g/mol. The zero-order valence-corrected chi connectivity index (χ0v) is 17.9. The number of carbonyl (C=O) groups is 2. The van der Waals surface area contributed by atoms with E-state index in [2.05, 4.69) is 12.2 Å². The molecule has 0 spiro atoms. The van der Waals surface area contributed by atoms with E-state index in [-0.39, 0.29) is 22.4 Å². The molecule has 1 aliphatic carbocycles. The van der Waals surface area contributed by atoms with Crippen molar-refractivity contribution in [1.82, 2.24) is 9.62 Å². The normalized spacial score (nSPS) is 24.1. The smallest absolute Gasteiger partial charge is 0.338 e. The average Bonchev–Trinajstić information content (AvgIpc) is 3.25. The molecule has 2 aliphatic rings. The van der Waals surface area contributed by atoms with Gasteiger partial charge in [-0.1, -0.05) is 25.8 Å². The predicted octanol–water partition coefficient (Wildman–Crippen LogP) is 2.71. The number of esters is 1. The highest BCUT2D eigenvalue weighted by Gasteiger charge is 2.29. The Morgan fingerprint density at radius 1 is 1.14 bits per heavy atom. The zero-order valence-electron chi connectivity index (χ0n) is 17.1. The van der Waals surface area contributed by atoms with Gasteiger partial charge < -0.3 is 10.1 Å². The third-order valence-corrected chi connectivity index (χ3v) is 7.76. The van der Waals surface area contributed by atoms with Crippen LogP contribution in [-0.2, 0) is 19.6 Å². The van der Waals surface area contributed by atoms with E-state index in [1.807, 2.05) is 0 Å².